The first-order valence-electron chi connectivity index (χ1n) is 10.3. The molecule has 0 aliphatic carbocycles. The second kappa shape index (κ2) is 12.2. The fraction of sp³-hybridized carbons (Fsp3) is 0.222. The van der Waals surface area contributed by atoms with E-state index in [0.29, 0.717) is 0 Å². The third-order valence-electron chi connectivity index (χ3n) is 4.86. The lowest BCUT2D eigenvalue weighted by molar-refractivity contribution is 0.663. The van der Waals surface area contributed by atoms with Crippen LogP contribution < -0.4 is 11.1 Å². The Morgan fingerprint density at radius 1 is 1.19 bits per heavy atom. The van der Waals surface area contributed by atoms with Crippen molar-refractivity contribution in [2.45, 2.75) is 40.2 Å². The largest absolute Gasteiger partial charge is 0.405 e. The van der Waals surface area contributed by atoms with Crippen molar-refractivity contribution in [3.8, 4) is 0 Å². The Labute approximate surface area is 187 Å². The number of nitrogens with zero attached hydrogens (tertiary/aromatic N) is 2. The van der Waals surface area contributed by atoms with Gasteiger partial charge in [0.2, 0.25) is 0 Å². The second-order valence-corrected chi connectivity index (χ2v) is 7.40. The highest BCUT2D eigenvalue weighted by Crippen LogP contribution is 2.23. The van der Waals surface area contributed by atoms with E-state index >= 15 is 0 Å². The number of hydrogen-bond donors (Lipinski definition) is 2. The van der Waals surface area contributed by atoms with Crippen molar-refractivity contribution in [3.05, 3.63) is 116 Å². The molecule has 3 N–H and O–H groups in total. The first-order valence-corrected chi connectivity index (χ1v) is 10.3. The smallest absolute Gasteiger partial charge is 0.0994 e. The van der Waals surface area contributed by atoms with E-state index in [1.807, 2.05) is 30.7 Å². The zero-order valence-corrected chi connectivity index (χ0v) is 19.4. The van der Waals surface area contributed by atoms with Gasteiger partial charge in [0.15, 0.2) is 0 Å². The minimum atomic E-state index is 0.116. The first-order chi connectivity index (χ1) is 14.7. The highest BCUT2D eigenvalue weighted by molar-refractivity contribution is 5.67. The number of hydrogen-bond acceptors (Lipinski definition) is 3. The normalized spacial score (nSPS) is 11.5. The van der Waals surface area contributed by atoms with Crippen LogP contribution in [-0.4, -0.2) is 9.55 Å². The first kappa shape index (κ1) is 25.5. The van der Waals surface area contributed by atoms with Crippen LogP contribution >= 0.6 is 0 Å². The SMILES string of the molecule is C=C(/C=C(/C(=C)C)n1cncc1C)C(=C)N[C@@H](C)c1ccc(C(=C)CC)cc1.C=CN. The molecule has 0 saturated heterocycles. The molecular formula is C27H36N4. The van der Waals surface area contributed by atoms with Gasteiger partial charge >= 0.3 is 0 Å². The standard InChI is InChI=1S/C25H31N3.C2H5N/c1-9-18(4)23-10-12-24(13-11-23)22(8)27-21(7)19(5)14-25(17(2)3)28-16-26-15-20(28)6;1-2-3/h10-16,22,27H,2,4-5,7,9H2,1,3,6,8H3;2H,1,3H2/b25-14-;/t22-;/m0./s1. The minimum Gasteiger partial charge on any atom is -0.405 e. The summed E-state index contributed by atoms with van der Waals surface area (Å²) in [6, 6.07) is 8.63. The maximum Gasteiger partial charge on any atom is 0.0994 e. The zero-order chi connectivity index (χ0) is 23.6. The van der Waals surface area contributed by atoms with Crippen LogP contribution in [0, 0.1) is 6.92 Å². The fourth-order valence-corrected chi connectivity index (χ4v) is 2.91. The van der Waals surface area contributed by atoms with Crippen LogP contribution in [0.4, 0.5) is 0 Å². The van der Waals surface area contributed by atoms with E-state index in [9.17, 15) is 0 Å². The molecule has 0 bridgehead atoms. The summed E-state index contributed by atoms with van der Waals surface area (Å²) in [5.74, 6) is 0. The van der Waals surface area contributed by atoms with E-state index in [1.54, 1.807) is 6.33 Å². The predicted molar refractivity (Wildman–Crippen MR) is 136 cm³/mol. The summed E-state index contributed by atoms with van der Waals surface area (Å²) in [7, 11) is 0. The summed E-state index contributed by atoms with van der Waals surface area (Å²) in [5.41, 5.74) is 12.7. The Morgan fingerprint density at radius 2 is 1.77 bits per heavy atom. The number of aromatic nitrogens is 2. The van der Waals surface area contributed by atoms with Crippen LogP contribution in [0.15, 0.2) is 98.8 Å². The van der Waals surface area contributed by atoms with Crippen LogP contribution in [-0.2, 0) is 0 Å². The van der Waals surface area contributed by atoms with Crippen LogP contribution in [0.25, 0.3) is 11.3 Å². The molecule has 31 heavy (non-hydrogen) atoms. The van der Waals surface area contributed by atoms with E-state index in [-0.39, 0.29) is 6.04 Å². The molecule has 0 fully saturated rings. The summed E-state index contributed by atoms with van der Waals surface area (Å²) in [6.45, 7) is 27.9. The van der Waals surface area contributed by atoms with Crippen LogP contribution in [0.5, 0.6) is 0 Å². The zero-order valence-electron chi connectivity index (χ0n) is 19.4. The Balaban J connectivity index is 0.00000151. The third kappa shape index (κ3) is 7.34. The second-order valence-electron chi connectivity index (χ2n) is 7.40. The molecule has 0 amide bonds. The maximum atomic E-state index is 4.61. The van der Waals surface area contributed by atoms with Gasteiger partial charge in [-0.1, -0.05) is 64.1 Å². The lowest BCUT2D eigenvalue weighted by Crippen LogP contribution is -2.18. The topological polar surface area (TPSA) is 55.9 Å². The van der Waals surface area contributed by atoms with Gasteiger partial charge in [-0.15, -0.1) is 0 Å². The van der Waals surface area contributed by atoms with E-state index in [0.717, 1.165) is 40.2 Å². The van der Waals surface area contributed by atoms with Gasteiger partial charge in [-0.3, -0.25) is 0 Å². The highest BCUT2D eigenvalue weighted by Gasteiger charge is 2.10. The van der Waals surface area contributed by atoms with Gasteiger partial charge in [-0.05, 0) is 67.3 Å². The van der Waals surface area contributed by atoms with Crippen molar-refractivity contribution in [3.63, 3.8) is 0 Å². The van der Waals surface area contributed by atoms with Gasteiger partial charge in [-0.2, -0.15) is 0 Å². The predicted octanol–water partition coefficient (Wildman–Crippen LogP) is 6.54. The lowest BCUT2D eigenvalue weighted by Gasteiger charge is -2.19. The fourth-order valence-electron chi connectivity index (χ4n) is 2.91. The molecule has 1 aromatic heterocycles. The van der Waals surface area contributed by atoms with Gasteiger partial charge in [0.05, 0.1) is 6.33 Å². The summed E-state index contributed by atoms with van der Waals surface area (Å²) in [6.07, 6.45) is 7.81. The van der Waals surface area contributed by atoms with Crippen molar-refractivity contribution in [2.75, 3.05) is 0 Å². The molecule has 0 saturated carbocycles. The number of allylic oxidation sites excluding steroid dienone is 4. The Morgan fingerprint density at radius 3 is 2.23 bits per heavy atom. The molecule has 0 aliphatic rings. The molecule has 0 aliphatic heterocycles. The van der Waals surface area contributed by atoms with Crippen molar-refractivity contribution in [1.82, 2.24) is 14.9 Å². The average Bonchev–Trinajstić information content (AvgIpc) is 3.16. The average molecular weight is 417 g/mol. The number of nitrogens with two attached hydrogens (primary N) is 1. The van der Waals surface area contributed by atoms with E-state index < -0.39 is 0 Å². The quantitative estimate of drug-likeness (QED) is 0.456. The number of rotatable bonds is 9. The summed E-state index contributed by atoms with van der Waals surface area (Å²) in [5, 5.41) is 3.45. The van der Waals surface area contributed by atoms with Gasteiger partial charge in [0, 0.05) is 29.3 Å². The van der Waals surface area contributed by atoms with Crippen molar-refractivity contribution in [1.29, 1.82) is 0 Å². The van der Waals surface area contributed by atoms with Crippen molar-refractivity contribution >= 4 is 11.3 Å². The molecule has 4 heteroatoms. The number of aryl methyl sites for hydroxylation is 1. The Bertz CT molecular complexity index is 971. The molecule has 0 radical (unpaired) electrons. The van der Waals surface area contributed by atoms with Crippen LogP contribution in [0.2, 0.25) is 0 Å². The van der Waals surface area contributed by atoms with E-state index in [1.165, 1.54) is 17.3 Å². The van der Waals surface area contributed by atoms with E-state index in [4.69, 9.17) is 0 Å². The molecule has 0 spiro atoms. The summed E-state index contributed by atoms with van der Waals surface area (Å²) < 4.78 is 2.00. The molecular weight excluding hydrogens is 380 g/mol. The van der Waals surface area contributed by atoms with Gasteiger partial charge < -0.3 is 15.6 Å². The number of nitrogens with one attached hydrogen (secondary N) is 1. The molecule has 1 heterocycles. The van der Waals surface area contributed by atoms with E-state index in [2.05, 4.69) is 87.0 Å². The van der Waals surface area contributed by atoms with Crippen molar-refractivity contribution < 1.29 is 0 Å². The van der Waals surface area contributed by atoms with Gasteiger partial charge in [0.25, 0.3) is 0 Å². The molecule has 2 rings (SSSR count). The molecule has 2 aromatic rings. The number of benzene rings is 1. The maximum absolute atomic E-state index is 4.61. The lowest BCUT2D eigenvalue weighted by atomic mass is 10.0. The van der Waals surface area contributed by atoms with Gasteiger partial charge in [0.1, 0.15) is 0 Å². The van der Waals surface area contributed by atoms with Gasteiger partial charge in [-0.25, -0.2) is 4.98 Å². The molecule has 4 nitrogen and oxygen atoms in total. The molecule has 164 valence electrons. The third-order valence-corrected chi connectivity index (χ3v) is 4.86. The van der Waals surface area contributed by atoms with Crippen LogP contribution in [0.1, 0.15) is 50.1 Å². The summed E-state index contributed by atoms with van der Waals surface area (Å²) >= 11 is 0. The molecule has 0 unspecified atom stereocenters. The van der Waals surface area contributed by atoms with Crippen LogP contribution in [0.3, 0.4) is 0 Å². The Hall–Kier alpha value is -3.53. The van der Waals surface area contributed by atoms with Crippen molar-refractivity contribution in [2.24, 2.45) is 5.73 Å². The molecule has 1 aromatic carbocycles. The highest BCUT2D eigenvalue weighted by atomic mass is 15.1. The number of imidazole rings is 1. The Kier molecular flexibility index (Phi) is 10.1. The minimum absolute atomic E-state index is 0.116. The monoisotopic (exact) mass is 416 g/mol. The molecule has 1 atom stereocenters. The summed E-state index contributed by atoms with van der Waals surface area (Å²) in [4.78, 5) is 4.20.